The Morgan fingerprint density at radius 1 is 0.968 bits per heavy atom. The van der Waals surface area contributed by atoms with Gasteiger partial charge in [0.2, 0.25) is 0 Å². The molecular weight excluding hydrogens is 412 g/mol. The Morgan fingerprint density at radius 3 is 2.35 bits per heavy atom. The fourth-order valence-corrected chi connectivity index (χ4v) is 3.68. The van der Waals surface area contributed by atoms with Gasteiger partial charge in [-0.25, -0.2) is 4.39 Å². The molecule has 0 N–H and O–H groups in total. The molecule has 5 nitrogen and oxygen atoms in total. The van der Waals surface area contributed by atoms with Crippen LogP contribution in [0.5, 0.6) is 0 Å². The maximum Gasteiger partial charge on any atom is 0.416 e. The standard InChI is InChI=1S/C22H20F4N4O/c1-28-20(14-19(27-28)17-7-2-3-8-18(17)23)21(31)30-11-9-29(10-12-30)16-6-4-5-15(13-16)22(24,25)26/h2-8,13-14H,9-12H2,1H3. The van der Waals surface area contributed by atoms with Gasteiger partial charge in [-0.1, -0.05) is 18.2 Å². The van der Waals surface area contributed by atoms with E-state index in [-0.39, 0.29) is 5.91 Å². The first-order valence-corrected chi connectivity index (χ1v) is 9.74. The fraction of sp³-hybridized carbons (Fsp3) is 0.273. The van der Waals surface area contributed by atoms with Crippen LogP contribution in [0.1, 0.15) is 16.1 Å². The van der Waals surface area contributed by atoms with Gasteiger partial charge < -0.3 is 9.80 Å². The molecule has 0 radical (unpaired) electrons. The first-order chi connectivity index (χ1) is 14.7. The molecule has 0 aliphatic carbocycles. The third kappa shape index (κ3) is 4.26. The molecule has 4 rings (SSSR count). The Balaban J connectivity index is 1.46. The van der Waals surface area contributed by atoms with E-state index in [1.807, 2.05) is 4.90 Å². The van der Waals surface area contributed by atoms with E-state index >= 15 is 0 Å². The van der Waals surface area contributed by atoms with Gasteiger partial charge in [0.1, 0.15) is 11.5 Å². The zero-order chi connectivity index (χ0) is 22.2. The van der Waals surface area contributed by atoms with Gasteiger partial charge in [0.25, 0.3) is 5.91 Å². The van der Waals surface area contributed by atoms with Gasteiger partial charge in [-0.15, -0.1) is 0 Å². The van der Waals surface area contributed by atoms with Gasteiger partial charge in [0.05, 0.1) is 11.3 Å². The maximum atomic E-state index is 14.1. The number of halogens is 4. The number of hydrogen-bond donors (Lipinski definition) is 0. The second kappa shape index (κ2) is 8.05. The Labute approximate surface area is 176 Å². The molecule has 0 bridgehead atoms. The number of carbonyl (C=O) groups excluding carboxylic acids is 1. The fourth-order valence-electron chi connectivity index (χ4n) is 3.68. The number of aryl methyl sites for hydroxylation is 1. The number of benzene rings is 2. The largest absolute Gasteiger partial charge is 0.416 e. The maximum absolute atomic E-state index is 14.1. The summed E-state index contributed by atoms with van der Waals surface area (Å²) in [6.07, 6.45) is -4.40. The Kier molecular flexibility index (Phi) is 5.43. The summed E-state index contributed by atoms with van der Waals surface area (Å²) in [7, 11) is 1.62. The van der Waals surface area contributed by atoms with E-state index in [0.717, 1.165) is 12.1 Å². The number of anilines is 1. The smallest absolute Gasteiger partial charge is 0.368 e. The van der Waals surface area contributed by atoms with Crippen molar-refractivity contribution in [3.05, 3.63) is 71.7 Å². The quantitative estimate of drug-likeness (QED) is 0.583. The Bertz CT molecular complexity index is 1100. The summed E-state index contributed by atoms with van der Waals surface area (Å²) in [5.74, 6) is -0.671. The van der Waals surface area contributed by atoms with Gasteiger partial charge in [0.15, 0.2) is 0 Å². The van der Waals surface area contributed by atoms with Crippen LogP contribution in [0.15, 0.2) is 54.6 Å². The molecule has 0 spiro atoms. The van der Waals surface area contributed by atoms with Crippen LogP contribution in [-0.2, 0) is 13.2 Å². The summed E-state index contributed by atoms with van der Waals surface area (Å²) < 4.78 is 54.4. The first kappa shape index (κ1) is 20.9. The third-order valence-corrected chi connectivity index (χ3v) is 5.35. The molecule has 162 valence electrons. The average Bonchev–Trinajstić information content (AvgIpc) is 3.14. The molecule has 1 aliphatic heterocycles. The lowest BCUT2D eigenvalue weighted by Crippen LogP contribution is -2.49. The predicted octanol–water partition coefficient (Wildman–Crippen LogP) is 4.21. The van der Waals surface area contributed by atoms with Crippen molar-refractivity contribution < 1.29 is 22.4 Å². The SMILES string of the molecule is Cn1nc(-c2ccccc2F)cc1C(=O)N1CCN(c2cccc(C(F)(F)F)c2)CC1. The summed E-state index contributed by atoms with van der Waals surface area (Å²) in [5.41, 5.74) is 0.784. The van der Waals surface area contributed by atoms with Crippen molar-refractivity contribution in [3.8, 4) is 11.3 Å². The van der Waals surface area contributed by atoms with E-state index in [1.165, 1.54) is 16.8 Å². The van der Waals surface area contributed by atoms with Gasteiger partial charge in [-0.05, 0) is 36.4 Å². The summed E-state index contributed by atoms with van der Waals surface area (Å²) >= 11 is 0. The zero-order valence-electron chi connectivity index (χ0n) is 16.7. The molecule has 1 amide bonds. The van der Waals surface area contributed by atoms with E-state index in [4.69, 9.17) is 0 Å². The minimum Gasteiger partial charge on any atom is -0.368 e. The van der Waals surface area contributed by atoms with Gasteiger partial charge in [0, 0.05) is 44.5 Å². The van der Waals surface area contributed by atoms with Crippen LogP contribution in [0, 0.1) is 5.82 Å². The number of hydrogen-bond acceptors (Lipinski definition) is 3. The average molecular weight is 432 g/mol. The number of nitrogens with zero attached hydrogens (tertiary/aromatic N) is 4. The van der Waals surface area contributed by atoms with Crippen molar-refractivity contribution in [1.82, 2.24) is 14.7 Å². The van der Waals surface area contributed by atoms with Crippen molar-refractivity contribution in [2.45, 2.75) is 6.18 Å². The van der Waals surface area contributed by atoms with Crippen LogP contribution in [0.3, 0.4) is 0 Å². The van der Waals surface area contributed by atoms with Gasteiger partial charge in [-0.2, -0.15) is 18.3 Å². The molecule has 2 aromatic carbocycles. The molecule has 3 aromatic rings. The minimum absolute atomic E-state index is 0.249. The number of aromatic nitrogens is 2. The van der Waals surface area contributed by atoms with Crippen molar-refractivity contribution in [1.29, 1.82) is 0 Å². The van der Waals surface area contributed by atoms with Crippen molar-refractivity contribution in [3.63, 3.8) is 0 Å². The monoisotopic (exact) mass is 432 g/mol. The van der Waals surface area contributed by atoms with E-state index in [9.17, 15) is 22.4 Å². The highest BCUT2D eigenvalue weighted by molar-refractivity contribution is 5.94. The Morgan fingerprint density at radius 2 is 1.68 bits per heavy atom. The van der Waals surface area contributed by atoms with Crippen molar-refractivity contribution in [2.24, 2.45) is 7.05 Å². The molecule has 1 aromatic heterocycles. The summed E-state index contributed by atoms with van der Waals surface area (Å²) in [6, 6.07) is 12.9. The number of carbonyl (C=O) groups is 1. The molecule has 2 heterocycles. The van der Waals surface area contributed by atoms with Crippen LogP contribution in [0.25, 0.3) is 11.3 Å². The molecule has 0 unspecified atom stereocenters. The van der Waals surface area contributed by atoms with Crippen molar-refractivity contribution >= 4 is 11.6 Å². The van der Waals surface area contributed by atoms with Gasteiger partial charge >= 0.3 is 6.18 Å². The minimum atomic E-state index is -4.40. The molecular formula is C22H20F4N4O. The molecule has 0 saturated carbocycles. The predicted molar refractivity (Wildman–Crippen MR) is 108 cm³/mol. The number of piperazine rings is 1. The topological polar surface area (TPSA) is 41.4 Å². The zero-order valence-corrected chi connectivity index (χ0v) is 16.7. The normalized spacial score (nSPS) is 14.7. The number of alkyl halides is 3. The lowest BCUT2D eigenvalue weighted by molar-refractivity contribution is -0.137. The highest BCUT2D eigenvalue weighted by Crippen LogP contribution is 2.32. The summed E-state index contributed by atoms with van der Waals surface area (Å²) in [4.78, 5) is 16.4. The van der Waals surface area contributed by atoms with E-state index in [1.54, 1.807) is 42.3 Å². The molecule has 1 saturated heterocycles. The number of rotatable bonds is 3. The van der Waals surface area contributed by atoms with E-state index in [0.29, 0.717) is 48.8 Å². The lowest BCUT2D eigenvalue weighted by atomic mass is 10.1. The highest BCUT2D eigenvalue weighted by atomic mass is 19.4. The van der Waals surface area contributed by atoms with E-state index in [2.05, 4.69) is 5.10 Å². The lowest BCUT2D eigenvalue weighted by Gasteiger charge is -2.36. The molecule has 9 heteroatoms. The highest BCUT2D eigenvalue weighted by Gasteiger charge is 2.31. The van der Waals surface area contributed by atoms with Crippen LogP contribution in [0.4, 0.5) is 23.2 Å². The van der Waals surface area contributed by atoms with Gasteiger partial charge in [-0.3, -0.25) is 9.48 Å². The van der Waals surface area contributed by atoms with Crippen molar-refractivity contribution in [2.75, 3.05) is 31.1 Å². The van der Waals surface area contributed by atoms with Crippen LogP contribution >= 0.6 is 0 Å². The summed E-state index contributed by atoms with van der Waals surface area (Å²) in [5, 5.41) is 4.27. The molecule has 1 fully saturated rings. The van der Waals surface area contributed by atoms with Crippen LogP contribution < -0.4 is 4.90 Å². The molecule has 1 aliphatic rings. The van der Waals surface area contributed by atoms with Crippen LogP contribution in [-0.4, -0.2) is 46.8 Å². The summed E-state index contributed by atoms with van der Waals surface area (Å²) in [6.45, 7) is 1.53. The van der Waals surface area contributed by atoms with E-state index < -0.39 is 17.6 Å². The number of amides is 1. The van der Waals surface area contributed by atoms with Crippen LogP contribution in [0.2, 0.25) is 0 Å². The second-order valence-electron chi connectivity index (χ2n) is 7.35. The first-order valence-electron chi connectivity index (χ1n) is 9.74. The molecule has 0 atom stereocenters. The second-order valence-corrected chi connectivity index (χ2v) is 7.35. The Hall–Kier alpha value is -3.36. The third-order valence-electron chi connectivity index (χ3n) is 5.35. The molecule has 31 heavy (non-hydrogen) atoms.